The SMILES string of the molecule is CCCCCCCCCCCCCC[C@H](OCOC)[C@@H]1CC[C@@H]([C@@H]2CC[C@@H](/C=C/C#CC[C@H](CC3C(=O)O[C@@H](C)C3OCOC)OCOC)O2)O1. The fraction of sp³-hybridized carbons (Fsp3) is 0.878. The van der Waals surface area contributed by atoms with Gasteiger partial charge in [-0.15, -0.1) is 0 Å². The topological polar surface area (TPSA) is 100 Å². The van der Waals surface area contributed by atoms with Crippen molar-refractivity contribution in [1.82, 2.24) is 0 Å². The molecule has 0 aromatic carbocycles. The summed E-state index contributed by atoms with van der Waals surface area (Å²) in [7, 11) is 4.80. The van der Waals surface area contributed by atoms with Crippen molar-refractivity contribution in [1.29, 1.82) is 0 Å². The lowest BCUT2D eigenvalue weighted by molar-refractivity contribution is -0.145. The second-order valence-corrected chi connectivity index (χ2v) is 14.5. The van der Waals surface area contributed by atoms with E-state index in [0.29, 0.717) is 19.6 Å². The Morgan fingerprint density at radius 2 is 1.41 bits per heavy atom. The highest BCUT2D eigenvalue weighted by atomic mass is 16.7. The highest BCUT2D eigenvalue weighted by molar-refractivity contribution is 5.75. The Morgan fingerprint density at radius 1 is 0.784 bits per heavy atom. The van der Waals surface area contributed by atoms with Gasteiger partial charge in [-0.05, 0) is 57.6 Å². The van der Waals surface area contributed by atoms with Crippen molar-refractivity contribution in [2.75, 3.05) is 41.7 Å². The fourth-order valence-corrected chi connectivity index (χ4v) is 7.53. The van der Waals surface area contributed by atoms with Crippen LogP contribution in [0.3, 0.4) is 0 Å². The average molecular weight is 723 g/mol. The van der Waals surface area contributed by atoms with Crippen LogP contribution in [0.4, 0.5) is 0 Å². The Labute approximate surface area is 309 Å². The molecule has 0 radical (unpaired) electrons. The Morgan fingerprint density at radius 3 is 2.10 bits per heavy atom. The van der Waals surface area contributed by atoms with Gasteiger partial charge in [0.25, 0.3) is 0 Å². The largest absolute Gasteiger partial charge is 0.460 e. The molecular formula is C41H70O10. The van der Waals surface area contributed by atoms with Gasteiger partial charge in [-0.3, -0.25) is 4.79 Å². The molecule has 3 saturated heterocycles. The van der Waals surface area contributed by atoms with E-state index in [4.69, 9.17) is 42.6 Å². The lowest BCUT2D eigenvalue weighted by atomic mass is 9.94. The minimum atomic E-state index is -0.452. The van der Waals surface area contributed by atoms with Crippen molar-refractivity contribution < 1.29 is 47.4 Å². The van der Waals surface area contributed by atoms with Crippen molar-refractivity contribution in [3.8, 4) is 11.8 Å². The van der Waals surface area contributed by atoms with Crippen LogP contribution in [-0.4, -0.2) is 96.5 Å². The van der Waals surface area contributed by atoms with E-state index in [2.05, 4.69) is 18.8 Å². The van der Waals surface area contributed by atoms with Gasteiger partial charge >= 0.3 is 5.97 Å². The zero-order chi connectivity index (χ0) is 36.5. The molecule has 0 amide bonds. The van der Waals surface area contributed by atoms with Crippen LogP contribution in [0.25, 0.3) is 0 Å². The van der Waals surface area contributed by atoms with Crippen LogP contribution in [-0.2, 0) is 47.4 Å². The van der Waals surface area contributed by atoms with Gasteiger partial charge in [0.05, 0.1) is 42.5 Å². The molecule has 3 aliphatic rings. The fourth-order valence-electron chi connectivity index (χ4n) is 7.53. The van der Waals surface area contributed by atoms with Gasteiger partial charge in [0.1, 0.15) is 32.6 Å². The minimum absolute atomic E-state index is 0.0162. The molecule has 0 aromatic heterocycles. The van der Waals surface area contributed by atoms with E-state index < -0.39 is 12.0 Å². The number of carbonyl (C=O) groups is 1. The smallest absolute Gasteiger partial charge is 0.312 e. The van der Waals surface area contributed by atoms with E-state index >= 15 is 0 Å². The number of esters is 1. The minimum Gasteiger partial charge on any atom is -0.460 e. The maximum absolute atomic E-state index is 12.5. The summed E-state index contributed by atoms with van der Waals surface area (Å²) < 4.78 is 51.6. The van der Waals surface area contributed by atoms with Crippen LogP contribution in [0.5, 0.6) is 0 Å². The van der Waals surface area contributed by atoms with Crippen molar-refractivity contribution in [3.63, 3.8) is 0 Å². The molecule has 3 fully saturated rings. The number of methoxy groups -OCH3 is 3. The molecule has 294 valence electrons. The first-order valence-corrected chi connectivity index (χ1v) is 20.0. The molecule has 3 rings (SSSR count). The monoisotopic (exact) mass is 722 g/mol. The summed E-state index contributed by atoms with van der Waals surface area (Å²) in [4.78, 5) is 12.5. The van der Waals surface area contributed by atoms with Gasteiger partial charge < -0.3 is 42.6 Å². The molecule has 0 bridgehead atoms. The summed E-state index contributed by atoms with van der Waals surface area (Å²) in [5.41, 5.74) is 0. The number of hydrogen-bond acceptors (Lipinski definition) is 10. The van der Waals surface area contributed by atoms with Crippen LogP contribution in [0.1, 0.15) is 136 Å². The number of unbranched alkanes of at least 4 members (excludes halogenated alkanes) is 11. The summed E-state index contributed by atoms with van der Waals surface area (Å²) in [6, 6.07) is 0. The first-order valence-electron chi connectivity index (χ1n) is 20.0. The second-order valence-electron chi connectivity index (χ2n) is 14.5. The quantitative estimate of drug-likeness (QED) is 0.0342. The molecule has 0 aromatic rings. The van der Waals surface area contributed by atoms with Gasteiger partial charge in [0.2, 0.25) is 0 Å². The van der Waals surface area contributed by atoms with Gasteiger partial charge in [-0.2, -0.15) is 0 Å². The molecule has 3 aliphatic heterocycles. The van der Waals surface area contributed by atoms with Gasteiger partial charge in [0.15, 0.2) is 0 Å². The van der Waals surface area contributed by atoms with Crippen molar-refractivity contribution in [2.45, 2.75) is 185 Å². The molecule has 9 atom stereocenters. The molecule has 0 aliphatic carbocycles. The van der Waals surface area contributed by atoms with Crippen molar-refractivity contribution in [3.05, 3.63) is 12.2 Å². The normalized spacial score (nSPS) is 27.5. The zero-order valence-electron chi connectivity index (χ0n) is 32.5. The van der Waals surface area contributed by atoms with E-state index in [-0.39, 0.29) is 62.3 Å². The molecule has 3 heterocycles. The van der Waals surface area contributed by atoms with E-state index in [1.807, 2.05) is 19.1 Å². The molecule has 10 nitrogen and oxygen atoms in total. The lowest BCUT2D eigenvalue weighted by Crippen LogP contribution is -2.33. The molecule has 0 saturated carbocycles. The Hall–Kier alpha value is -1.55. The van der Waals surface area contributed by atoms with Crippen molar-refractivity contribution in [2.24, 2.45) is 5.92 Å². The first kappa shape index (κ1) is 43.9. The van der Waals surface area contributed by atoms with Crippen LogP contribution < -0.4 is 0 Å². The van der Waals surface area contributed by atoms with Gasteiger partial charge in [-0.1, -0.05) is 95.8 Å². The summed E-state index contributed by atoms with van der Waals surface area (Å²) in [5.74, 6) is 5.57. The number of cyclic esters (lactones) is 1. The third kappa shape index (κ3) is 17.0. The third-order valence-corrected chi connectivity index (χ3v) is 10.3. The number of allylic oxidation sites excluding steroid dienone is 1. The predicted octanol–water partition coefficient (Wildman–Crippen LogP) is 8.04. The maximum atomic E-state index is 12.5. The highest BCUT2D eigenvalue weighted by Crippen LogP contribution is 2.34. The summed E-state index contributed by atoms with van der Waals surface area (Å²) >= 11 is 0. The molecular weight excluding hydrogens is 652 g/mol. The van der Waals surface area contributed by atoms with E-state index in [1.165, 1.54) is 77.0 Å². The standard InChI is InChI=1S/C41H70O10/c1-6-7-8-9-10-11-12-13-14-15-16-20-23-36(47-30-44-4)37-26-27-39(51-37)38-25-24-33(50-38)21-18-17-19-22-34(46-29-43-3)28-35-40(48-31-45-5)32(2)49-41(35)42/h18,21,32-40H,6-16,20,22-31H2,1-5H3/b21-18+/t32-,33+,34+,35?,36-,37-,38-,39-,40?/m0/s1. The number of ether oxygens (including phenoxy) is 9. The van der Waals surface area contributed by atoms with Crippen LogP contribution in [0, 0.1) is 17.8 Å². The van der Waals surface area contributed by atoms with Crippen molar-refractivity contribution >= 4 is 5.97 Å². The van der Waals surface area contributed by atoms with E-state index in [1.54, 1.807) is 21.3 Å². The van der Waals surface area contributed by atoms with Crippen LogP contribution >= 0.6 is 0 Å². The lowest BCUT2D eigenvalue weighted by Gasteiger charge is -2.25. The molecule has 10 heteroatoms. The molecule has 51 heavy (non-hydrogen) atoms. The second kappa shape index (κ2) is 27.1. The Bertz CT molecular complexity index is 995. The zero-order valence-corrected chi connectivity index (χ0v) is 32.5. The summed E-state index contributed by atoms with van der Waals surface area (Å²) in [5, 5.41) is 0. The van der Waals surface area contributed by atoms with Crippen LogP contribution in [0.2, 0.25) is 0 Å². The first-order chi connectivity index (χ1) is 25.0. The summed E-state index contributed by atoms with van der Waals surface area (Å²) in [6.45, 7) is 4.62. The Kier molecular flexibility index (Phi) is 23.3. The van der Waals surface area contributed by atoms with Gasteiger partial charge in [0, 0.05) is 27.8 Å². The molecule has 0 spiro atoms. The Balaban J connectivity index is 1.36. The summed E-state index contributed by atoms with van der Waals surface area (Å²) in [6.07, 6.45) is 25.1. The van der Waals surface area contributed by atoms with Crippen LogP contribution in [0.15, 0.2) is 12.2 Å². The predicted molar refractivity (Wildman–Crippen MR) is 197 cm³/mol. The van der Waals surface area contributed by atoms with E-state index in [9.17, 15) is 4.79 Å². The number of hydrogen-bond donors (Lipinski definition) is 0. The molecule has 0 N–H and O–H groups in total. The third-order valence-electron chi connectivity index (χ3n) is 10.3. The average Bonchev–Trinajstić information content (AvgIpc) is 3.87. The maximum Gasteiger partial charge on any atom is 0.312 e. The number of rotatable bonds is 28. The molecule has 2 unspecified atom stereocenters. The number of carbonyl (C=O) groups excluding carboxylic acids is 1. The van der Waals surface area contributed by atoms with Gasteiger partial charge in [-0.25, -0.2) is 0 Å². The van der Waals surface area contributed by atoms with E-state index in [0.717, 1.165) is 32.1 Å². The highest BCUT2D eigenvalue weighted by Gasteiger charge is 2.44.